The van der Waals surface area contributed by atoms with Crippen LogP contribution in [0.4, 0.5) is 0 Å². The molecule has 3 amide bonds. The third kappa shape index (κ3) is 4.77. The van der Waals surface area contributed by atoms with Crippen LogP contribution in [0.1, 0.15) is 24.0 Å². The number of fused-ring (bicyclic) bond motifs is 1. The highest BCUT2D eigenvalue weighted by Crippen LogP contribution is 2.36. The second-order valence-corrected chi connectivity index (χ2v) is 8.45. The lowest BCUT2D eigenvalue weighted by atomic mass is 9.72. The molecule has 0 spiro atoms. The number of carbonyl (C=O) groups is 3. The third-order valence-corrected chi connectivity index (χ3v) is 6.57. The van der Waals surface area contributed by atoms with Crippen LogP contribution >= 0.6 is 0 Å². The second kappa shape index (κ2) is 9.90. The molecule has 1 fully saturated rings. The van der Waals surface area contributed by atoms with E-state index in [4.69, 9.17) is 4.74 Å². The first-order valence-corrected chi connectivity index (χ1v) is 11.3. The van der Waals surface area contributed by atoms with Gasteiger partial charge in [-0.05, 0) is 30.5 Å². The van der Waals surface area contributed by atoms with Crippen LogP contribution in [-0.2, 0) is 26.3 Å². The van der Waals surface area contributed by atoms with Crippen LogP contribution in [0.5, 0.6) is 5.75 Å². The number of carbonyl (C=O) groups excluding carboxylic acids is 3. The Morgan fingerprint density at radius 3 is 2.48 bits per heavy atom. The lowest BCUT2D eigenvalue weighted by Crippen LogP contribution is -2.53. The number of amides is 3. The minimum Gasteiger partial charge on any atom is -0.483 e. The second-order valence-electron chi connectivity index (χ2n) is 8.45. The first-order valence-electron chi connectivity index (χ1n) is 11.3. The predicted octanol–water partition coefficient (Wildman–Crippen LogP) is 2.27. The van der Waals surface area contributed by atoms with E-state index in [1.54, 1.807) is 9.80 Å². The van der Waals surface area contributed by atoms with Gasteiger partial charge in [-0.25, -0.2) is 0 Å². The molecule has 0 bridgehead atoms. The standard InChI is InChI=1S/C26H29N3O4/c1-2-23(30)28-15-12-26(13-16-28,21-9-4-3-5-10-21)25(32)27-14-17-29-18-20-8-6-7-11-22(20)33-19-24(29)31/h2-11H,1,12-19H2,(H,27,32). The number of hydrogen-bond donors (Lipinski definition) is 1. The van der Waals surface area contributed by atoms with E-state index < -0.39 is 5.41 Å². The minimum absolute atomic E-state index is 0.00786. The Morgan fingerprint density at radius 1 is 1.06 bits per heavy atom. The highest BCUT2D eigenvalue weighted by atomic mass is 16.5. The smallest absolute Gasteiger partial charge is 0.260 e. The van der Waals surface area contributed by atoms with E-state index in [0.29, 0.717) is 45.6 Å². The quantitative estimate of drug-likeness (QED) is 0.689. The minimum atomic E-state index is -0.711. The Labute approximate surface area is 194 Å². The van der Waals surface area contributed by atoms with Crippen LogP contribution in [-0.4, -0.2) is 60.3 Å². The number of rotatable bonds is 6. The van der Waals surface area contributed by atoms with Gasteiger partial charge in [-0.15, -0.1) is 0 Å². The monoisotopic (exact) mass is 447 g/mol. The summed E-state index contributed by atoms with van der Waals surface area (Å²) in [7, 11) is 0. The van der Waals surface area contributed by atoms with Crippen molar-refractivity contribution < 1.29 is 19.1 Å². The Hall–Kier alpha value is -3.61. The topological polar surface area (TPSA) is 79.0 Å². The summed E-state index contributed by atoms with van der Waals surface area (Å²) in [6.45, 7) is 5.73. The zero-order valence-electron chi connectivity index (χ0n) is 18.7. The summed E-state index contributed by atoms with van der Waals surface area (Å²) in [5, 5.41) is 3.06. The van der Waals surface area contributed by atoms with Gasteiger partial charge >= 0.3 is 0 Å². The molecule has 1 saturated heterocycles. The van der Waals surface area contributed by atoms with Crippen LogP contribution in [0.3, 0.4) is 0 Å². The van der Waals surface area contributed by atoms with Crippen molar-refractivity contribution in [3.8, 4) is 5.75 Å². The van der Waals surface area contributed by atoms with E-state index in [9.17, 15) is 14.4 Å². The number of ether oxygens (including phenoxy) is 1. The van der Waals surface area contributed by atoms with Crippen LogP contribution in [0.2, 0.25) is 0 Å². The first-order chi connectivity index (χ1) is 16.0. The van der Waals surface area contributed by atoms with E-state index in [-0.39, 0.29) is 24.3 Å². The molecule has 172 valence electrons. The maximum absolute atomic E-state index is 13.5. The Balaban J connectivity index is 1.43. The van der Waals surface area contributed by atoms with Crippen molar-refractivity contribution in [1.82, 2.24) is 15.1 Å². The lowest BCUT2D eigenvalue weighted by Gasteiger charge is -2.41. The van der Waals surface area contributed by atoms with Gasteiger partial charge in [0.15, 0.2) is 6.61 Å². The van der Waals surface area contributed by atoms with Crippen molar-refractivity contribution in [3.05, 3.63) is 78.4 Å². The van der Waals surface area contributed by atoms with Gasteiger partial charge in [-0.3, -0.25) is 14.4 Å². The van der Waals surface area contributed by atoms with Gasteiger partial charge in [0.25, 0.3) is 5.91 Å². The van der Waals surface area contributed by atoms with E-state index in [1.165, 1.54) is 6.08 Å². The van der Waals surface area contributed by atoms with Crippen LogP contribution in [0.15, 0.2) is 67.3 Å². The SMILES string of the molecule is C=CC(=O)N1CCC(C(=O)NCCN2Cc3ccccc3OCC2=O)(c2ccccc2)CC1. The van der Waals surface area contributed by atoms with Crippen molar-refractivity contribution in [2.24, 2.45) is 0 Å². The average molecular weight is 448 g/mol. The van der Waals surface area contributed by atoms with Gasteiger partial charge in [0, 0.05) is 38.3 Å². The molecule has 2 aromatic rings. The largest absolute Gasteiger partial charge is 0.483 e. The van der Waals surface area contributed by atoms with Crippen LogP contribution in [0, 0.1) is 0 Å². The number of hydrogen-bond acceptors (Lipinski definition) is 4. The van der Waals surface area contributed by atoms with E-state index in [2.05, 4.69) is 11.9 Å². The maximum Gasteiger partial charge on any atom is 0.260 e. The fraction of sp³-hybridized carbons (Fsp3) is 0.346. The molecule has 2 heterocycles. The summed E-state index contributed by atoms with van der Waals surface area (Å²) in [4.78, 5) is 41.5. The number of likely N-dealkylation sites (tertiary alicyclic amines) is 1. The molecule has 2 aliphatic rings. The summed E-state index contributed by atoms with van der Waals surface area (Å²) in [6, 6.07) is 17.3. The van der Waals surface area contributed by atoms with Crippen LogP contribution < -0.4 is 10.1 Å². The number of nitrogens with one attached hydrogen (secondary N) is 1. The molecule has 2 aliphatic heterocycles. The van der Waals surface area contributed by atoms with Gasteiger partial charge in [-0.1, -0.05) is 55.1 Å². The summed E-state index contributed by atoms with van der Waals surface area (Å²) < 4.78 is 5.61. The zero-order valence-corrected chi connectivity index (χ0v) is 18.7. The van der Waals surface area contributed by atoms with Crippen molar-refractivity contribution in [2.45, 2.75) is 24.8 Å². The van der Waals surface area contributed by atoms with E-state index in [0.717, 1.165) is 16.9 Å². The average Bonchev–Trinajstić information content (AvgIpc) is 3.02. The molecule has 33 heavy (non-hydrogen) atoms. The summed E-state index contributed by atoms with van der Waals surface area (Å²) in [5.74, 6) is 0.438. The van der Waals surface area contributed by atoms with Gasteiger partial charge in [-0.2, -0.15) is 0 Å². The van der Waals surface area contributed by atoms with Gasteiger partial charge in [0.2, 0.25) is 11.8 Å². The first kappa shape index (κ1) is 22.6. The molecule has 0 saturated carbocycles. The predicted molar refractivity (Wildman–Crippen MR) is 124 cm³/mol. The zero-order chi connectivity index (χ0) is 23.3. The molecule has 4 rings (SSSR count). The fourth-order valence-corrected chi connectivity index (χ4v) is 4.62. The Kier molecular flexibility index (Phi) is 6.77. The highest BCUT2D eigenvalue weighted by Gasteiger charge is 2.43. The summed E-state index contributed by atoms with van der Waals surface area (Å²) >= 11 is 0. The molecule has 1 N–H and O–H groups in total. The van der Waals surface area contributed by atoms with Crippen LogP contribution in [0.25, 0.3) is 0 Å². The Bertz CT molecular complexity index is 1030. The van der Waals surface area contributed by atoms with E-state index in [1.807, 2.05) is 54.6 Å². The molecular formula is C26H29N3O4. The van der Waals surface area contributed by atoms with Crippen molar-refractivity contribution >= 4 is 17.7 Å². The van der Waals surface area contributed by atoms with Gasteiger partial charge in [0.05, 0.1) is 5.41 Å². The third-order valence-electron chi connectivity index (χ3n) is 6.57. The normalized spacial score (nSPS) is 17.4. The number of piperidine rings is 1. The summed E-state index contributed by atoms with van der Waals surface area (Å²) in [6.07, 6.45) is 2.38. The fourth-order valence-electron chi connectivity index (χ4n) is 4.62. The van der Waals surface area contributed by atoms with Crippen molar-refractivity contribution in [2.75, 3.05) is 32.8 Å². The molecule has 7 nitrogen and oxygen atoms in total. The number of benzene rings is 2. The molecule has 0 unspecified atom stereocenters. The molecule has 0 aliphatic carbocycles. The van der Waals surface area contributed by atoms with Crippen molar-refractivity contribution in [3.63, 3.8) is 0 Å². The number of para-hydroxylation sites is 1. The number of nitrogens with zero attached hydrogens (tertiary/aromatic N) is 2. The molecule has 0 atom stereocenters. The van der Waals surface area contributed by atoms with Crippen molar-refractivity contribution in [1.29, 1.82) is 0 Å². The molecule has 0 radical (unpaired) electrons. The molecule has 2 aromatic carbocycles. The molecule has 0 aromatic heterocycles. The molecular weight excluding hydrogens is 418 g/mol. The maximum atomic E-state index is 13.5. The lowest BCUT2D eigenvalue weighted by molar-refractivity contribution is -0.135. The van der Waals surface area contributed by atoms with E-state index >= 15 is 0 Å². The Morgan fingerprint density at radius 2 is 1.76 bits per heavy atom. The van der Waals surface area contributed by atoms with Gasteiger partial charge < -0.3 is 19.9 Å². The van der Waals surface area contributed by atoms with Gasteiger partial charge in [0.1, 0.15) is 5.75 Å². The molecule has 7 heteroatoms. The summed E-state index contributed by atoms with van der Waals surface area (Å²) in [5.41, 5.74) is 1.19. The highest BCUT2D eigenvalue weighted by molar-refractivity contribution is 5.90.